The van der Waals surface area contributed by atoms with Gasteiger partial charge in [0.05, 0.1) is 10.9 Å². The van der Waals surface area contributed by atoms with Crippen LogP contribution in [0.1, 0.15) is 5.56 Å². The van der Waals surface area contributed by atoms with Gasteiger partial charge >= 0.3 is 0 Å². The first-order valence-corrected chi connectivity index (χ1v) is 9.81. The molecule has 0 spiro atoms. The van der Waals surface area contributed by atoms with Gasteiger partial charge in [0.25, 0.3) is 5.56 Å². The number of thioether (sulfide) groups is 1. The molecule has 0 bridgehead atoms. The van der Waals surface area contributed by atoms with Crippen molar-refractivity contribution in [3.8, 4) is 0 Å². The molecule has 26 heavy (non-hydrogen) atoms. The third kappa shape index (κ3) is 4.62. The van der Waals surface area contributed by atoms with Crippen LogP contribution in [0.4, 0.5) is 0 Å². The van der Waals surface area contributed by atoms with Gasteiger partial charge in [0, 0.05) is 18.1 Å². The van der Waals surface area contributed by atoms with E-state index in [1.807, 2.05) is 24.3 Å². The van der Waals surface area contributed by atoms with Crippen molar-refractivity contribution in [2.75, 3.05) is 12.3 Å². The van der Waals surface area contributed by atoms with Crippen LogP contribution < -0.4 is 10.9 Å². The topological polar surface area (TPSA) is 66.9 Å². The number of nitrogens with zero attached hydrogens (tertiary/aromatic N) is 1. The Morgan fingerprint density at radius 3 is 2.65 bits per heavy atom. The maximum absolute atomic E-state index is 12.5. The molecule has 0 radical (unpaired) electrons. The monoisotopic (exact) mass is 385 g/mol. The molecule has 0 saturated heterocycles. The standard InChI is InChI=1S/C19H19N3O2S2/c23-17(20-10-11-26-13-14-6-2-1-3-7-14)12-22-18(24)15-8-4-5-9-16(15)21-19(22)25/h1-9H,10-13H2,(H,20,23)(H,21,25). The van der Waals surface area contributed by atoms with Crippen LogP contribution in [0.25, 0.3) is 10.9 Å². The molecule has 2 aromatic carbocycles. The number of benzene rings is 2. The minimum atomic E-state index is -0.252. The predicted octanol–water partition coefficient (Wildman–Crippen LogP) is 3.11. The van der Waals surface area contributed by atoms with Crippen molar-refractivity contribution in [2.24, 2.45) is 0 Å². The second-order valence-electron chi connectivity index (χ2n) is 5.76. The molecule has 0 aliphatic heterocycles. The molecule has 0 atom stereocenters. The lowest BCUT2D eigenvalue weighted by Crippen LogP contribution is -2.34. The quantitative estimate of drug-likeness (QED) is 0.484. The van der Waals surface area contributed by atoms with Crippen molar-refractivity contribution in [3.05, 3.63) is 75.3 Å². The van der Waals surface area contributed by atoms with Gasteiger partial charge in [0.1, 0.15) is 6.54 Å². The van der Waals surface area contributed by atoms with Gasteiger partial charge in [-0.25, -0.2) is 0 Å². The molecule has 5 nitrogen and oxygen atoms in total. The second kappa shape index (κ2) is 8.82. The Morgan fingerprint density at radius 2 is 1.85 bits per heavy atom. The zero-order chi connectivity index (χ0) is 18.4. The average Bonchev–Trinajstić information content (AvgIpc) is 2.66. The number of carbonyl (C=O) groups is 1. The van der Waals surface area contributed by atoms with E-state index in [1.165, 1.54) is 10.1 Å². The summed E-state index contributed by atoms with van der Waals surface area (Å²) in [7, 11) is 0. The summed E-state index contributed by atoms with van der Waals surface area (Å²) in [5, 5.41) is 3.36. The lowest BCUT2D eigenvalue weighted by atomic mass is 10.2. The van der Waals surface area contributed by atoms with Crippen LogP contribution in [0.5, 0.6) is 0 Å². The number of carbonyl (C=O) groups excluding carboxylic acids is 1. The molecule has 0 saturated carbocycles. The summed E-state index contributed by atoms with van der Waals surface area (Å²) in [4.78, 5) is 27.6. The van der Waals surface area contributed by atoms with Crippen LogP contribution in [-0.2, 0) is 17.1 Å². The molecule has 0 aliphatic carbocycles. The Balaban J connectivity index is 1.53. The van der Waals surface area contributed by atoms with E-state index in [-0.39, 0.29) is 22.8 Å². The molecule has 0 unspecified atom stereocenters. The normalized spacial score (nSPS) is 10.8. The number of para-hydroxylation sites is 1. The summed E-state index contributed by atoms with van der Waals surface area (Å²) in [5.74, 6) is 1.49. The van der Waals surface area contributed by atoms with Gasteiger partial charge in [-0.3, -0.25) is 14.2 Å². The van der Waals surface area contributed by atoms with Gasteiger partial charge in [-0.15, -0.1) is 0 Å². The molecule has 3 rings (SSSR count). The maximum atomic E-state index is 12.5. The maximum Gasteiger partial charge on any atom is 0.262 e. The summed E-state index contributed by atoms with van der Waals surface area (Å²) in [6.07, 6.45) is 0. The van der Waals surface area contributed by atoms with Crippen LogP contribution in [0.15, 0.2) is 59.4 Å². The number of amides is 1. The summed E-state index contributed by atoms with van der Waals surface area (Å²) in [6, 6.07) is 17.3. The van der Waals surface area contributed by atoms with Gasteiger partial charge in [-0.2, -0.15) is 11.8 Å². The smallest absolute Gasteiger partial charge is 0.262 e. The molecule has 0 aliphatic rings. The van der Waals surface area contributed by atoms with Crippen molar-refractivity contribution in [1.82, 2.24) is 14.9 Å². The SMILES string of the molecule is O=C(Cn1c(=S)[nH]c2ccccc2c1=O)NCCSCc1ccccc1. The first kappa shape index (κ1) is 18.4. The highest BCUT2D eigenvalue weighted by atomic mass is 32.2. The van der Waals surface area contributed by atoms with Crippen molar-refractivity contribution in [2.45, 2.75) is 12.3 Å². The number of rotatable bonds is 7. The summed E-state index contributed by atoms with van der Waals surface area (Å²) >= 11 is 6.97. The van der Waals surface area contributed by atoms with Gasteiger partial charge in [-0.05, 0) is 29.9 Å². The van der Waals surface area contributed by atoms with Crippen LogP contribution in [-0.4, -0.2) is 27.8 Å². The molecular weight excluding hydrogens is 366 g/mol. The first-order chi connectivity index (χ1) is 12.6. The zero-order valence-electron chi connectivity index (χ0n) is 14.1. The summed E-state index contributed by atoms with van der Waals surface area (Å²) < 4.78 is 1.55. The fraction of sp³-hybridized carbons (Fsp3) is 0.211. The van der Waals surface area contributed by atoms with E-state index < -0.39 is 0 Å². The largest absolute Gasteiger partial charge is 0.354 e. The molecule has 7 heteroatoms. The Labute approximate surface area is 160 Å². The number of fused-ring (bicyclic) bond motifs is 1. The second-order valence-corrected chi connectivity index (χ2v) is 7.25. The minimum Gasteiger partial charge on any atom is -0.354 e. The number of H-pyrrole nitrogens is 1. The van der Waals surface area contributed by atoms with E-state index in [2.05, 4.69) is 22.4 Å². The Bertz CT molecular complexity index is 1010. The minimum absolute atomic E-state index is 0.0810. The van der Waals surface area contributed by atoms with E-state index in [9.17, 15) is 9.59 Å². The van der Waals surface area contributed by atoms with Crippen LogP contribution >= 0.6 is 24.0 Å². The number of aromatic amines is 1. The highest BCUT2D eigenvalue weighted by molar-refractivity contribution is 7.98. The Kier molecular flexibility index (Phi) is 6.25. The fourth-order valence-electron chi connectivity index (χ4n) is 2.57. The van der Waals surface area contributed by atoms with Gasteiger partial charge in [0.15, 0.2) is 4.77 Å². The lowest BCUT2D eigenvalue weighted by molar-refractivity contribution is -0.121. The van der Waals surface area contributed by atoms with Crippen molar-refractivity contribution in [1.29, 1.82) is 0 Å². The molecule has 134 valence electrons. The number of aromatic nitrogens is 2. The van der Waals surface area contributed by atoms with Crippen LogP contribution in [0.3, 0.4) is 0 Å². The molecule has 1 aromatic heterocycles. The lowest BCUT2D eigenvalue weighted by Gasteiger charge is -2.09. The van der Waals surface area contributed by atoms with Crippen molar-refractivity contribution in [3.63, 3.8) is 0 Å². The molecule has 0 fully saturated rings. The number of hydrogen-bond donors (Lipinski definition) is 2. The first-order valence-electron chi connectivity index (χ1n) is 8.25. The van der Waals surface area contributed by atoms with E-state index >= 15 is 0 Å². The summed E-state index contributed by atoms with van der Waals surface area (Å²) in [6.45, 7) is 0.470. The van der Waals surface area contributed by atoms with E-state index in [0.717, 1.165) is 11.5 Å². The van der Waals surface area contributed by atoms with Crippen molar-refractivity contribution < 1.29 is 4.79 Å². The summed E-state index contributed by atoms with van der Waals surface area (Å²) in [5.41, 5.74) is 1.69. The van der Waals surface area contributed by atoms with E-state index in [0.29, 0.717) is 17.4 Å². The molecule has 1 amide bonds. The van der Waals surface area contributed by atoms with Crippen molar-refractivity contribution >= 4 is 40.8 Å². The number of hydrogen-bond acceptors (Lipinski definition) is 4. The van der Waals surface area contributed by atoms with Gasteiger partial charge in [-0.1, -0.05) is 42.5 Å². The molecular formula is C19H19N3O2S2. The van der Waals surface area contributed by atoms with Crippen LogP contribution in [0.2, 0.25) is 0 Å². The average molecular weight is 386 g/mol. The predicted molar refractivity (Wildman–Crippen MR) is 109 cm³/mol. The third-order valence-electron chi connectivity index (χ3n) is 3.87. The molecule has 1 heterocycles. The molecule has 3 aromatic rings. The highest BCUT2D eigenvalue weighted by Crippen LogP contribution is 2.10. The Morgan fingerprint density at radius 1 is 1.12 bits per heavy atom. The van der Waals surface area contributed by atoms with Gasteiger partial charge < -0.3 is 10.3 Å². The zero-order valence-corrected chi connectivity index (χ0v) is 15.7. The fourth-order valence-corrected chi connectivity index (χ4v) is 3.65. The third-order valence-corrected chi connectivity index (χ3v) is 5.22. The van der Waals surface area contributed by atoms with E-state index in [4.69, 9.17) is 12.2 Å². The van der Waals surface area contributed by atoms with Crippen LogP contribution in [0, 0.1) is 4.77 Å². The van der Waals surface area contributed by atoms with E-state index in [1.54, 1.807) is 30.0 Å². The highest BCUT2D eigenvalue weighted by Gasteiger charge is 2.09. The number of nitrogens with one attached hydrogen (secondary N) is 2. The Hall–Kier alpha value is -2.38. The van der Waals surface area contributed by atoms with Gasteiger partial charge in [0.2, 0.25) is 5.91 Å². The molecule has 2 N–H and O–H groups in total.